The molecule has 0 bridgehead atoms. The Morgan fingerprint density at radius 2 is 1.90 bits per heavy atom. The van der Waals surface area contributed by atoms with E-state index in [0.29, 0.717) is 24.3 Å². The Balaban J connectivity index is 1.68. The molecular formula is C16H26N2O3. The highest BCUT2D eigenvalue weighted by Crippen LogP contribution is 2.42. The lowest BCUT2D eigenvalue weighted by Gasteiger charge is -2.28. The molecule has 5 nitrogen and oxygen atoms in total. The van der Waals surface area contributed by atoms with Crippen LogP contribution in [0.1, 0.15) is 46.0 Å². The number of likely N-dealkylation sites (tertiary alicyclic amines) is 1. The van der Waals surface area contributed by atoms with E-state index in [4.69, 9.17) is 0 Å². The van der Waals surface area contributed by atoms with Crippen LogP contribution in [0, 0.1) is 23.7 Å². The number of fused-ring (bicyclic) bond motifs is 1. The third-order valence-corrected chi connectivity index (χ3v) is 6.18. The molecule has 2 amide bonds. The Bertz CT molecular complexity index is 439. The van der Waals surface area contributed by atoms with Gasteiger partial charge in [0.2, 0.25) is 0 Å². The number of carbonyl (C=O) groups is 2. The Labute approximate surface area is 126 Å². The van der Waals surface area contributed by atoms with Gasteiger partial charge in [-0.3, -0.25) is 0 Å². The molecule has 21 heavy (non-hydrogen) atoms. The van der Waals surface area contributed by atoms with Crippen molar-refractivity contribution >= 4 is 12.0 Å². The van der Waals surface area contributed by atoms with Gasteiger partial charge in [0.25, 0.3) is 0 Å². The number of carbonyl (C=O) groups excluding carboxylic acids is 1. The van der Waals surface area contributed by atoms with Crippen molar-refractivity contribution in [2.75, 3.05) is 6.54 Å². The van der Waals surface area contributed by atoms with Gasteiger partial charge in [0.1, 0.15) is 6.04 Å². The quantitative estimate of drug-likeness (QED) is 0.821. The molecule has 3 fully saturated rings. The van der Waals surface area contributed by atoms with Gasteiger partial charge < -0.3 is 15.3 Å². The second-order valence-electron chi connectivity index (χ2n) is 7.26. The predicted molar refractivity (Wildman–Crippen MR) is 78.8 cm³/mol. The van der Waals surface area contributed by atoms with Crippen LogP contribution in [0.5, 0.6) is 0 Å². The second kappa shape index (κ2) is 5.50. The van der Waals surface area contributed by atoms with Gasteiger partial charge in [0, 0.05) is 12.6 Å². The van der Waals surface area contributed by atoms with Crippen molar-refractivity contribution in [2.24, 2.45) is 23.7 Å². The lowest BCUT2D eigenvalue weighted by atomic mass is 9.94. The third-order valence-electron chi connectivity index (χ3n) is 6.18. The van der Waals surface area contributed by atoms with E-state index in [1.54, 1.807) is 4.90 Å². The number of rotatable bonds is 2. The number of urea groups is 1. The summed E-state index contributed by atoms with van der Waals surface area (Å²) >= 11 is 0. The zero-order valence-corrected chi connectivity index (χ0v) is 12.9. The molecular weight excluding hydrogens is 268 g/mol. The smallest absolute Gasteiger partial charge is 0.326 e. The van der Waals surface area contributed by atoms with Gasteiger partial charge >= 0.3 is 12.0 Å². The molecule has 1 aliphatic heterocycles. The maximum absolute atomic E-state index is 12.6. The van der Waals surface area contributed by atoms with Gasteiger partial charge in [0.05, 0.1) is 0 Å². The fourth-order valence-corrected chi connectivity index (χ4v) is 4.64. The van der Waals surface area contributed by atoms with E-state index < -0.39 is 12.0 Å². The molecule has 5 heteroatoms. The first kappa shape index (κ1) is 14.7. The van der Waals surface area contributed by atoms with Crippen LogP contribution in [0.3, 0.4) is 0 Å². The first-order valence-electron chi connectivity index (χ1n) is 8.29. The molecule has 0 aromatic carbocycles. The fourth-order valence-electron chi connectivity index (χ4n) is 4.64. The van der Waals surface area contributed by atoms with Crippen LogP contribution in [0.2, 0.25) is 0 Å². The summed E-state index contributed by atoms with van der Waals surface area (Å²) in [5, 5.41) is 12.6. The van der Waals surface area contributed by atoms with Crippen LogP contribution in [-0.4, -0.2) is 40.6 Å². The van der Waals surface area contributed by atoms with Crippen molar-refractivity contribution in [1.29, 1.82) is 0 Å². The largest absolute Gasteiger partial charge is 0.480 e. The highest BCUT2D eigenvalue weighted by atomic mass is 16.4. The molecule has 1 heterocycles. The standard InChI is InChI=1S/C16H26N2O3/c1-9-6-7-13(10(9)2)17-16(21)18-8-11-4-3-5-12(11)14(18)15(19)20/h9-14H,3-8H2,1-2H3,(H,17,21)(H,19,20). The maximum Gasteiger partial charge on any atom is 0.326 e. The predicted octanol–water partition coefficient (Wildman–Crippen LogP) is 2.32. The lowest BCUT2D eigenvalue weighted by molar-refractivity contribution is -0.142. The van der Waals surface area contributed by atoms with Crippen LogP contribution in [0.4, 0.5) is 4.79 Å². The van der Waals surface area contributed by atoms with Crippen LogP contribution < -0.4 is 5.32 Å². The second-order valence-corrected chi connectivity index (χ2v) is 7.26. The van der Waals surface area contributed by atoms with Crippen LogP contribution in [0.25, 0.3) is 0 Å². The molecule has 6 atom stereocenters. The van der Waals surface area contributed by atoms with Crippen molar-refractivity contribution in [3.8, 4) is 0 Å². The molecule has 0 aromatic heterocycles. The Morgan fingerprint density at radius 1 is 1.14 bits per heavy atom. The lowest BCUT2D eigenvalue weighted by Crippen LogP contribution is -2.51. The van der Waals surface area contributed by atoms with E-state index in [0.717, 1.165) is 32.1 Å². The van der Waals surface area contributed by atoms with Gasteiger partial charge in [0.15, 0.2) is 0 Å². The Hall–Kier alpha value is -1.26. The first-order chi connectivity index (χ1) is 9.99. The molecule has 0 radical (unpaired) electrons. The van der Waals surface area contributed by atoms with Crippen LogP contribution in [-0.2, 0) is 4.79 Å². The van der Waals surface area contributed by atoms with Gasteiger partial charge in [-0.05, 0) is 49.4 Å². The number of nitrogens with zero attached hydrogens (tertiary/aromatic N) is 1. The first-order valence-corrected chi connectivity index (χ1v) is 8.29. The summed E-state index contributed by atoms with van der Waals surface area (Å²) in [6.45, 7) is 5.01. The van der Waals surface area contributed by atoms with E-state index in [1.807, 2.05) is 0 Å². The average Bonchev–Trinajstić information content (AvgIpc) is 3.07. The minimum atomic E-state index is -0.840. The van der Waals surface area contributed by atoms with Crippen molar-refractivity contribution in [3.63, 3.8) is 0 Å². The Morgan fingerprint density at radius 3 is 2.52 bits per heavy atom. The molecule has 118 valence electrons. The minimum Gasteiger partial charge on any atom is -0.480 e. The van der Waals surface area contributed by atoms with E-state index >= 15 is 0 Å². The SMILES string of the molecule is CC1CCC(NC(=O)N2CC3CCCC3C2C(=O)O)C1C. The van der Waals surface area contributed by atoms with Crippen LogP contribution >= 0.6 is 0 Å². The zero-order chi connectivity index (χ0) is 15.1. The summed E-state index contributed by atoms with van der Waals surface area (Å²) in [6, 6.07) is -0.586. The van der Waals surface area contributed by atoms with Gasteiger partial charge in [-0.1, -0.05) is 20.3 Å². The number of aliphatic carboxylic acids is 1. The average molecular weight is 294 g/mol. The topological polar surface area (TPSA) is 69.6 Å². The molecule has 0 aromatic rings. The zero-order valence-electron chi connectivity index (χ0n) is 12.9. The molecule has 2 saturated carbocycles. The van der Waals surface area contributed by atoms with Gasteiger partial charge in [-0.25, -0.2) is 9.59 Å². The van der Waals surface area contributed by atoms with Crippen molar-refractivity contribution < 1.29 is 14.7 Å². The van der Waals surface area contributed by atoms with Gasteiger partial charge in [-0.2, -0.15) is 0 Å². The number of carboxylic acids is 1. The summed E-state index contributed by atoms with van der Waals surface area (Å²) in [6.07, 6.45) is 5.26. The molecule has 3 rings (SSSR count). The van der Waals surface area contributed by atoms with E-state index in [9.17, 15) is 14.7 Å². The third kappa shape index (κ3) is 2.51. The fraction of sp³-hybridized carbons (Fsp3) is 0.875. The molecule has 6 unspecified atom stereocenters. The number of amides is 2. The molecule has 3 aliphatic rings. The Kier molecular flexibility index (Phi) is 3.84. The van der Waals surface area contributed by atoms with Gasteiger partial charge in [-0.15, -0.1) is 0 Å². The summed E-state index contributed by atoms with van der Waals surface area (Å²) in [7, 11) is 0. The molecule has 2 N–H and O–H groups in total. The number of carboxylic acid groups (broad SMARTS) is 1. The van der Waals surface area contributed by atoms with E-state index in [1.165, 1.54) is 0 Å². The van der Waals surface area contributed by atoms with E-state index in [-0.39, 0.29) is 18.0 Å². The molecule has 1 saturated heterocycles. The van der Waals surface area contributed by atoms with Crippen molar-refractivity contribution in [3.05, 3.63) is 0 Å². The highest BCUT2D eigenvalue weighted by molar-refractivity contribution is 5.84. The number of hydrogen-bond donors (Lipinski definition) is 2. The summed E-state index contributed by atoms with van der Waals surface area (Å²) in [5.74, 6) is 0.806. The maximum atomic E-state index is 12.6. The number of nitrogens with one attached hydrogen (secondary N) is 1. The summed E-state index contributed by atoms with van der Waals surface area (Å²) in [5.41, 5.74) is 0. The van der Waals surface area contributed by atoms with E-state index in [2.05, 4.69) is 19.2 Å². The molecule has 2 aliphatic carbocycles. The summed E-state index contributed by atoms with van der Waals surface area (Å²) in [4.78, 5) is 25.7. The number of hydrogen-bond acceptors (Lipinski definition) is 2. The minimum absolute atomic E-state index is 0.160. The normalized spacial score (nSPS) is 42.1. The van der Waals surface area contributed by atoms with Crippen LogP contribution in [0.15, 0.2) is 0 Å². The van der Waals surface area contributed by atoms with Crippen molar-refractivity contribution in [2.45, 2.75) is 58.0 Å². The highest BCUT2D eigenvalue weighted by Gasteiger charge is 2.50. The monoisotopic (exact) mass is 294 g/mol. The molecule has 0 spiro atoms. The summed E-state index contributed by atoms with van der Waals surface area (Å²) < 4.78 is 0. The van der Waals surface area contributed by atoms with Crippen molar-refractivity contribution in [1.82, 2.24) is 10.2 Å².